The fraction of sp³-hybridized carbons (Fsp3) is 0.105. The fourth-order valence-corrected chi connectivity index (χ4v) is 4.31. The Morgan fingerprint density at radius 2 is 1.82 bits per heavy atom. The number of aryl methyl sites for hydroxylation is 2. The molecule has 0 radical (unpaired) electrons. The van der Waals surface area contributed by atoms with Crippen molar-refractivity contribution in [3.8, 4) is 0 Å². The molecule has 2 N–H and O–H groups in total. The summed E-state index contributed by atoms with van der Waals surface area (Å²) in [7, 11) is -3.81. The van der Waals surface area contributed by atoms with Gasteiger partial charge in [-0.1, -0.05) is 23.4 Å². The van der Waals surface area contributed by atoms with Gasteiger partial charge in [-0.15, -0.1) is 0 Å². The molecule has 4 rings (SSSR count). The van der Waals surface area contributed by atoms with E-state index in [1.54, 1.807) is 32.2 Å². The van der Waals surface area contributed by atoms with E-state index in [4.69, 9.17) is 4.52 Å². The van der Waals surface area contributed by atoms with Crippen LogP contribution >= 0.6 is 0 Å². The number of nitrogens with one attached hydrogen (secondary N) is 2. The van der Waals surface area contributed by atoms with Crippen LogP contribution in [0.15, 0.2) is 64.3 Å². The molecule has 0 saturated carbocycles. The molecular formula is C19H17N5O3S. The van der Waals surface area contributed by atoms with Gasteiger partial charge in [-0.25, -0.2) is 13.4 Å². The summed E-state index contributed by atoms with van der Waals surface area (Å²) in [6.07, 6.45) is 3.17. The molecule has 0 aliphatic carbocycles. The number of para-hydroxylation sites is 1. The highest BCUT2D eigenvalue weighted by molar-refractivity contribution is 7.92. The van der Waals surface area contributed by atoms with Gasteiger partial charge in [-0.05, 0) is 38.1 Å². The second-order valence-corrected chi connectivity index (χ2v) is 7.82. The minimum atomic E-state index is -3.81. The van der Waals surface area contributed by atoms with Crippen molar-refractivity contribution in [1.29, 1.82) is 0 Å². The molecule has 9 heteroatoms. The highest BCUT2D eigenvalue weighted by atomic mass is 32.2. The lowest BCUT2D eigenvalue weighted by Gasteiger charge is -2.10. The van der Waals surface area contributed by atoms with E-state index >= 15 is 0 Å². The summed E-state index contributed by atoms with van der Waals surface area (Å²) < 4.78 is 32.6. The third-order valence-corrected chi connectivity index (χ3v) is 5.77. The molecule has 28 heavy (non-hydrogen) atoms. The van der Waals surface area contributed by atoms with E-state index in [1.165, 1.54) is 6.20 Å². The van der Waals surface area contributed by atoms with E-state index < -0.39 is 10.0 Å². The molecule has 0 bridgehead atoms. The average molecular weight is 395 g/mol. The molecule has 0 unspecified atom stereocenters. The zero-order chi connectivity index (χ0) is 19.7. The highest BCUT2D eigenvalue weighted by Gasteiger charge is 2.24. The number of fused-ring (bicyclic) bond motifs is 1. The van der Waals surface area contributed by atoms with E-state index in [1.807, 2.05) is 30.3 Å². The molecular weight excluding hydrogens is 378 g/mol. The van der Waals surface area contributed by atoms with Crippen LogP contribution < -0.4 is 10.0 Å². The van der Waals surface area contributed by atoms with Gasteiger partial charge in [-0.3, -0.25) is 9.71 Å². The average Bonchev–Trinajstić information content (AvgIpc) is 3.02. The summed E-state index contributed by atoms with van der Waals surface area (Å²) in [5.74, 6) is 0.804. The summed E-state index contributed by atoms with van der Waals surface area (Å²) >= 11 is 0. The number of benzene rings is 1. The molecule has 0 amide bonds. The van der Waals surface area contributed by atoms with E-state index in [0.29, 0.717) is 17.2 Å². The number of nitrogens with zero attached hydrogens (tertiary/aromatic N) is 3. The number of hydrogen-bond donors (Lipinski definition) is 2. The summed E-state index contributed by atoms with van der Waals surface area (Å²) in [5, 5.41) is 7.90. The first kappa shape index (κ1) is 17.9. The Balaban J connectivity index is 1.56. The van der Waals surface area contributed by atoms with Crippen molar-refractivity contribution in [3.63, 3.8) is 0 Å². The zero-order valence-corrected chi connectivity index (χ0v) is 16.0. The van der Waals surface area contributed by atoms with E-state index in [-0.39, 0.29) is 10.7 Å². The van der Waals surface area contributed by atoms with Gasteiger partial charge >= 0.3 is 0 Å². The molecule has 0 atom stereocenters. The monoisotopic (exact) mass is 395 g/mol. The summed E-state index contributed by atoms with van der Waals surface area (Å²) in [4.78, 5) is 8.72. The maximum absolute atomic E-state index is 12.6. The fourth-order valence-electron chi connectivity index (χ4n) is 2.94. The largest absolute Gasteiger partial charge is 0.360 e. The zero-order valence-electron chi connectivity index (χ0n) is 15.2. The van der Waals surface area contributed by atoms with Gasteiger partial charge in [0.15, 0.2) is 10.7 Å². The van der Waals surface area contributed by atoms with Gasteiger partial charge in [0.2, 0.25) is 0 Å². The molecule has 0 aliphatic rings. The van der Waals surface area contributed by atoms with Crippen molar-refractivity contribution in [2.45, 2.75) is 18.7 Å². The van der Waals surface area contributed by atoms with E-state index in [0.717, 1.165) is 16.6 Å². The van der Waals surface area contributed by atoms with Crippen LogP contribution in [0.4, 0.5) is 17.2 Å². The van der Waals surface area contributed by atoms with Crippen LogP contribution in [0, 0.1) is 13.8 Å². The number of pyridine rings is 2. The smallest absolute Gasteiger partial charge is 0.267 e. The van der Waals surface area contributed by atoms with Crippen molar-refractivity contribution in [2.75, 3.05) is 10.0 Å². The van der Waals surface area contributed by atoms with Crippen molar-refractivity contribution >= 4 is 38.1 Å². The number of anilines is 3. The first-order valence-electron chi connectivity index (χ1n) is 8.46. The van der Waals surface area contributed by atoms with Gasteiger partial charge in [0.05, 0.1) is 23.1 Å². The Kier molecular flexibility index (Phi) is 4.44. The van der Waals surface area contributed by atoms with Crippen LogP contribution in [0.5, 0.6) is 0 Å². The third kappa shape index (κ3) is 3.39. The predicted molar refractivity (Wildman–Crippen MR) is 106 cm³/mol. The Morgan fingerprint density at radius 3 is 2.54 bits per heavy atom. The van der Waals surface area contributed by atoms with Crippen molar-refractivity contribution < 1.29 is 12.9 Å². The van der Waals surface area contributed by atoms with Gasteiger partial charge in [0, 0.05) is 11.6 Å². The molecule has 4 aromatic rings. The van der Waals surface area contributed by atoms with Gasteiger partial charge in [-0.2, -0.15) is 0 Å². The number of hydrogen-bond acceptors (Lipinski definition) is 7. The van der Waals surface area contributed by atoms with Crippen molar-refractivity contribution in [1.82, 2.24) is 15.1 Å². The first-order valence-corrected chi connectivity index (χ1v) is 9.95. The number of rotatable bonds is 5. The molecule has 0 aliphatic heterocycles. The van der Waals surface area contributed by atoms with Gasteiger partial charge in [0.1, 0.15) is 11.5 Å². The Labute approximate surface area is 161 Å². The molecule has 1 aromatic carbocycles. The third-order valence-electron chi connectivity index (χ3n) is 4.15. The maximum Gasteiger partial charge on any atom is 0.267 e. The number of aromatic nitrogens is 3. The molecule has 0 spiro atoms. The summed E-state index contributed by atoms with van der Waals surface area (Å²) in [6, 6.07) is 13.0. The Hall–Kier alpha value is -3.46. The lowest BCUT2D eigenvalue weighted by atomic mass is 10.2. The SMILES string of the molecule is Cc1noc(C)c1S(=O)(=O)Nc1ccc(Nc2cccc3cccnc23)nc1. The van der Waals surface area contributed by atoms with Gasteiger partial charge < -0.3 is 9.84 Å². The normalized spacial score (nSPS) is 11.5. The highest BCUT2D eigenvalue weighted by Crippen LogP contribution is 2.25. The molecule has 142 valence electrons. The van der Waals surface area contributed by atoms with Crippen LogP contribution in [0.3, 0.4) is 0 Å². The topological polar surface area (TPSA) is 110 Å². The van der Waals surface area contributed by atoms with E-state index in [2.05, 4.69) is 25.2 Å². The molecule has 3 heterocycles. The van der Waals surface area contributed by atoms with Crippen LogP contribution in [0.1, 0.15) is 11.5 Å². The van der Waals surface area contributed by atoms with Crippen LogP contribution in [-0.4, -0.2) is 23.5 Å². The van der Waals surface area contributed by atoms with Crippen molar-refractivity contribution in [3.05, 3.63) is 66.3 Å². The van der Waals surface area contributed by atoms with Crippen LogP contribution in [0.2, 0.25) is 0 Å². The molecule has 3 aromatic heterocycles. The minimum absolute atomic E-state index is 0.0385. The Bertz CT molecular complexity index is 1230. The Morgan fingerprint density at radius 1 is 1.00 bits per heavy atom. The van der Waals surface area contributed by atoms with Crippen LogP contribution in [-0.2, 0) is 10.0 Å². The van der Waals surface area contributed by atoms with Crippen molar-refractivity contribution in [2.24, 2.45) is 0 Å². The lowest BCUT2D eigenvalue weighted by Crippen LogP contribution is -2.14. The minimum Gasteiger partial charge on any atom is -0.360 e. The summed E-state index contributed by atoms with van der Waals surface area (Å²) in [5.41, 5.74) is 2.28. The predicted octanol–water partition coefficient (Wildman–Crippen LogP) is 3.78. The number of sulfonamides is 1. The molecule has 8 nitrogen and oxygen atoms in total. The lowest BCUT2D eigenvalue weighted by molar-refractivity contribution is 0.390. The summed E-state index contributed by atoms with van der Waals surface area (Å²) in [6.45, 7) is 3.13. The standard InChI is InChI=1S/C19H17N5O3S/c1-12-19(13(2)27-23-12)28(25,26)24-15-8-9-17(21-11-15)22-16-7-3-5-14-6-4-10-20-18(14)16/h3-11,24H,1-2H3,(H,21,22). The molecule has 0 fully saturated rings. The van der Waals surface area contributed by atoms with E-state index in [9.17, 15) is 8.42 Å². The first-order chi connectivity index (χ1) is 13.4. The second-order valence-electron chi connectivity index (χ2n) is 6.20. The maximum atomic E-state index is 12.6. The van der Waals surface area contributed by atoms with Crippen LogP contribution in [0.25, 0.3) is 10.9 Å². The molecule has 0 saturated heterocycles. The quantitative estimate of drug-likeness (QED) is 0.529. The second kappa shape index (κ2) is 6.93. The van der Waals surface area contributed by atoms with Gasteiger partial charge in [0.25, 0.3) is 10.0 Å².